The van der Waals surface area contributed by atoms with Gasteiger partial charge < -0.3 is 13.9 Å². The lowest BCUT2D eigenvalue weighted by Crippen LogP contribution is -2.33. The lowest BCUT2D eigenvalue weighted by atomic mass is 10.0. The smallest absolute Gasteiger partial charge is 0.274 e. The number of nitrogens with one attached hydrogen (secondary N) is 1. The maximum atomic E-state index is 11.3. The molecule has 0 bridgehead atoms. The van der Waals surface area contributed by atoms with Gasteiger partial charge in [-0.3, -0.25) is 14.9 Å². The molecule has 0 radical (unpaired) electrons. The highest BCUT2D eigenvalue weighted by molar-refractivity contribution is 5.93. The van der Waals surface area contributed by atoms with Crippen molar-refractivity contribution in [2.24, 2.45) is 0 Å². The minimum absolute atomic E-state index is 0.375. The minimum atomic E-state index is -0.542. The molecular weight excluding hydrogens is 360 g/mol. The summed E-state index contributed by atoms with van der Waals surface area (Å²) in [4.78, 5) is 13.6. The summed E-state index contributed by atoms with van der Waals surface area (Å²) in [7, 11) is 1.65. The van der Waals surface area contributed by atoms with Gasteiger partial charge in [0, 0.05) is 35.7 Å². The van der Waals surface area contributed by atoms with Crippen LogP contribution in [0.3, 0.4) is 0 Å². The molecule has 7 nitrogen and oxygen atoms in total. The molecule has 1 amide bonds. The number of hydroxylamine groups is 1. The van der Waals surface area contributed by atoms with E-state index in [0.717, 1.165) is 43.1 Å². The topological polar surface area (TPSA) is 84.2 Å². The second-order valence-corrected chi connectivity index (χ2v) is 6.71. The van der Waals surface area contributed by atoms with Crippen molar-refractivity contribution >= 4 is 16.9 Å². The van der Waals surface area contributed by atoms with Gasteiger partial charge in [0.1, 0.15) is 29.4 Å². The third-order valence-corrected chi connectivity index (χ3v) is 5.02. The second kappa shape index (κ2) is 7.92. The number of amides is 1. The van der Waals surface area contributed by atoms with Gasteiger partial charge in [0.25, 0.3) is 5.91 Å². The third-order valence-electron chi connectivity index (χ3n) is 5.02. The molecule has 1 aliphatic rings. The zero-order valence-corrected chi connectivity index (χ0v) is 15.6. The first-order chi connectivity index (χ1) is 13.7. The molecule has 146 valence electrons. The average molecular weight is 382 g/mol. The Morgan fingerprint density at radius 1 is 1.21 bits per heavy atom. The molecule has 0 saturated carbocycles. The Kier molecular flexibility index (Phi) is 5.18. The van der Waals surface area contributed by atoms with Crippen molar-refractivity contribution < 1.29 is 23.9 Å². The normalized spacial score (nSPS) is 13.9. The van der Waals surface area contributed by atoms with Gasteiger partial charge in [-0.05, 0) is 42.8 Å². The fourth-order valence-electron chi connectivity index (χ4n) is 3.51. The Hall–Kier alpha value is -3.03. The van der Waals surface area contributed by atoms with Gasteiger partial charge in [0.05, 0.1) is 13.7 Å². The van der Waals surface area contributed by atoms with Crippen LogP contribution in [0.1, 0.15) is 21.7 Å². The predicted octanol–water partition coefficient (Wildman–Crippen LogP) is 3.00. The molecule has 1 aromatic heterocycles. The first kappa shape index (κ1) is 18.3. The summed E-state index contributed by atoms with van der Waals surface area (Å²) in [6, 6.07) is 12.6. The van der Waals surface area contributed by atoms with Crippen molar-refractivity contribution in [2.75, 3.05) is 26.8 Å². The predicted molar refractivity (Wildman–Crippen MR) is 103 cm³/mol. The highest BCUT2D eigenvalue weighted by atomic mass is 16.5. The van der Waals surface area contributed by atoms with Gasteiger partial charge >= 0.3 is 0 Å². The number of hydrogen-bond acceptors (Lipinski definition) is 6. The fourth-order valence-corrected chi connectivity index (χ4v) is 3.51. The number of nitrogens with zero attached hydrogens (tertiary/aromatic N) is 1. The van der Waals surface area contributed by atoms with Crippen molar-refractivity contribution in [2.45, 2.75) is 13.0 Å². The molecule has 4 rings (SSSR count). The SMILES string of the molecule is COc1ccc2c3c(oc2c1)CN(CCOc1ccc(C(=O)NO)cc1)CC3. The Morgan fingerprint density at radius 3 is 2.75 bits per heavy atom. The summed E-state index contributed by atoms with van der Waals surface area (Å²) < 4.78 is 17.1. The Bertz CT molecular complexity index is 980. The molecule has 7 heteroatoms. The van der Waals surface area contributed by atoms with E-state index in [1.54, 1.807) is 36.9 Å². The van der Waals surface area contributed by atoms with E-state index in [1.807, 2.05) is 12.1 Å². The number of furan rings is 1. The van der Waals surface area contributed by atoms with E-state index >= 15 is 0 Å². The van der Waals surface area contributed by atoms with Crippen molar-refractivity contribution in [1.29, 1.82) is 0 Å². The lowest BCUT2D eigenvalue weighted by Gasteiger charge is -2.25. The number of hydrogen-bond donors (Lipinski definition) is 2. The Labute approximate surface area is 162 Å². The molecule has 1 aliphatic heterocycles. The van der Waals surface area contributed by atoms with Crippen LogP contribution in [-0.2, 0) is 13.0 Å². The summed E-state index contributed by atoms with van der Waals surface area (Å²) in [6.45, 7) is 3.02. The average Bonchev–Trinajstić information content (AvgIpc) is 3.10. The molecule has 3 aromatic rings. The molecule has 0 atom stereocenters. The van der Waals surface area contributed by atoms with Crippen molar-refractivity contribution in [3.05, 3.63) is 59.4 Å². The highest BCUT2D eigenvalue weighted by Crippen LogP contribution is 2.32. The fraction of sp³-hybridized carbons (Fsp3) is 0.286. The molecule has 0 unspecified atom stereocenters. The number of carbonyl (C=O) groups excluding carboxylic acids is 1. The first-order valence-electron chi connectivity index (χ1n) is 9.16. The van der Waals surface area contributed by atoms with Gasteiger partial charge in [-0.2, -0.15) is 0 Å². The summed E-state index contributed by atoms with van der Waals surface area (Å²) in [6.07, 6.45) is 0.944. The highest BCUT2D eigenvalue weighted by Gasteiger charge is 2.22. The van der Waals surface area contributed by atoms with Crippen LogP contribution in [0.4, 0.5) is 0 Å². The molecule has 0 spiro atoms. The number of ether oxygens (including phenoxy) is 2. The van der Waals surface area contributed by atoms with Gasteiger partial charge in [0.15, 0.2) is 0 Å². The minimum Gasteiger partial charge on any atom is -0.497 e. The van der Waals surface area contributed by atoms with E-state index in [-0.39, 0.29) is 0 Å². The number of benzene rings is 2. The van der Waals surface area contributed by atoms with Crippen LogP contribution in [-0.4, -0.2) is 42.8 Å². The first-order valence-corrected chi connectivity index (χ1v) is 9.16. The van der Waals surface area contributed by atoms with Crippen molar-refractivity contribution in [3.8, 4) is 11.5 Å². The van der Waals surface area contributed by atoms with Crippen LogP contribution >= 0.6 is 0 Å². The lowest BCUT2D eigenvalue weighted by molar-refractivity contribution is 0.0706. The van der Waals surface area contributed by atoms with E-state index in [4.69, 9.17) is 19.1 Å². The van der Waals surface area contributed by atoms with Gasteiger partial charge in [-0.1, -0.05) is 0 Å². The van der Waals surface area contributed by atoms with Crippen LogP contribution in [0.5, 0.6) is 11.5 Å². The van der Waals surface area contributed by atoms with E-state index < -0.39 is 5.91 Å². The zero-order valence-electron chi connectivity index (χ0n) is 15.6. The van der Waals surface area contributed by atoms with Gasteiger partial charge in [0.2, 0.25) is 0 Å². The quantitative estimate of drug-likeness (QED) is 0.504. The van der Waals surface area contributed by atoms with E-state index in [0.29, 0.717) is 17.9 Å². The number of methoxy groups -OCH3 is 1. The summed E-state index contributed by atoms with van der Waals surface area (Å²) in [5.74, 6) is 1.95. The van der Waals surface area contributed by atoms with Crippen LogP contribution in [0.15, 0.2) is 46.9 Å². The molecule has 28 heavy (non-hydrogen) atoms. The number of fused-ring (bicyclic) bond motifs is 3. The molecule has 2 N–H and O–H groups in total. The second-order valence-electron chi connectivity index (χ2n) is 6.71. The number of rotatable bonds is 6. The third kappa shape index (κ3) is 3.67. The molecule has 0 fully saturated rings. The van der Waals surface area contributed by atoms with Crippen molar-refractivity contribution in [3.63, 3.8) is 0 Å². The van der Waals surface area contributed by atoms with Crippen LogP contribution in [0.2, 0.25) is 0 Å². The summed E-state index contributed by atoms with van der Waals surface area (Å²) in [5.41, 5.74) is 4.14. The zero-order chi connectivity index (χ0) is 19.5. The molecule has 0 saturated heterocycles. The number of carbonyl (C=O) groups is 1. The molecule has 2 aromatic carbocycles. The Balaban J connectivity index is 1.34. The van der Waals surface area contributed by atoms with Crippen molar-refractivity contribution in [1.82, 2.24) is 10.4 Å². The largest absolute Gasteiger partial charge is 0.497 e. The van der Waals surface area contributed by atoms with E-state index in [2.05, 4.69) is 11.0 Å². The van der Waals surface area contributed by atoms with E-state index in [9.17, 15) is 4.79 Å². The van der Waals surface area contributed by atoms with Crippen LogP contribution in [0.25, 0.3) is 11.0 Å². The molecule has 2 heterocycles. The van der Waals surface area contributed by atoms with Crippen LogP contribution in [0, 0.1) is 0 Å². The standard InChI is InChI=1S/C21H22N2O5/c1-26-16-6-7-17-18-8-9-23(13-20(18)28-19(17)12-16)10-11-27-15-4-2-14(3-5-15)21(24)22-25/h2-7,12,25H,8-11,13H2,1H3,(H,22,24). The maximum absolute atomic E-state index is 11.3. The van der Waals surface area contributed by atoms with Gasteiger partial charge in [-0.15, -0.1) is 0 Å². The summed E-state index contributed by atoms with van der Waals surface area (Å²) >= 11 is 0. The van der Waals surface area contributed by atoms with Gasteiger partial charge in [-0.25, -0.2) is 5.48 Å². The molecule has 0 aliphatic carbocycles. The maximum Gasteiger partial charge on any atom is 0.274 e. The summed E-state index contributed by atoms with van der Waals surface area (Å²) in [5, 5.41) is 9.80. The van der Waals surface area contributed by atoms with Crippen LogP contribution < -0.4 is 15.0 Å². The van der Waals surface area contributed by atoms with E-state index in [1.165, 1.54) is 10.9 Å². The Morgan fingerprint density at radius 2 is 2.00 bits per heavy atom. The monoisotopic (exact) mass is 382 g/mol. The molecular formula is C21H22N2O5.